The van der Waals surface area contributed by atoms with E-state index in [2.05, 4.69) is 0 Å². The number of fused-ring (bicyclic) bond motifs is 2. The van der Waals surface area contributed by atoms with Gasteiger partial charge in [0.05, 0.1) is 25.2 Å². The number of nitrogens with one attached hydrogen (secondary N) is 1. The number of phenolic OH excluding ortho intramolecular Hbond substituents is 1. The Morgan fingerprint density at radius 2 is 1.96 bits per heavy atom. The third-order valence-corrected chi connectivity index (χ3v) is 4.14. The maximum atomic E-state index is 12.6. The molecule has 0 aromatic heterocycles. The summed E-state index contributed by atoms with van der Waals surface area (Å²) in [6.45, 7) is 0.755. The number of benzene rings is 2. The second kappa shape index (κ2) is 5.82. The maximum Gasteiger partial charge on any atom is 0.231 e. The number of phenols is 1. The third kappa shape index (κ3) is 2.70. The van der Waals surface area contributed by atoms with Crippen LogP contribution in [0.4, 0.5) is 0 Å². The first kappa shape index (κ1) is 15.5. The number of carbonyl (C=O) groups is 1. The maximum absolute atomic E-state index is 12.6. The van der Waals surface area contributed by atoms with Gasteiger partial charge in [0.25, 0.3) is 0 Å². The van der Waals surface area contributed by atoms with Crippen LogP contribution >= 0.6 is 0 Å². The molecule has 2 heterocycles. The lowest BCUT2D eigenvalue weighted by Crippen LogP contribution is -3.04. The molecule has 0 bridgehead atoms. The summed E-state index contributed by atoms with van der Waals surface area (Å²) in [6, 6.07) is 8.58. The van der Waals surface area contributed by atoms with Gasteiger partial charge in [0.15, 0.2) is 23.0 Å². The number of Topliss-reactive ketones (excluding diaryl/α,β-unsaturated/α-hetero) is 1. The van der Waals surface area contributed by atoms with Crippen molar-refractivity contribution < 1.29 is 29.0 Å². The highest BCUT2D eigenvalue weighted by molar-refractivity contribution is 6.15. The highest BCUT2D eigenvalue weighted by Gasteiger charge is 2.32. The van der Waals surface area contributed by atoms with E-state index in [1.165, 1.54) is 0 Å². The minimum absolute atomic E-state index is 0.136. The van der Waals surface area contributed by atoms with Crippen LogP contribution in [0.3, 0.4) is 0 Å². The molecule has 6 nitrogen and oxygen atoms in total. The first-order chi connectivity index (χ1) is 12.0. The Morgan fingerprint density at radius 3 is 2.76 bits per heavy atom. The lowest BCUT2D eigenvalue weighted by molar-refractivity contribution is -0.872. The van der Waals surface area contributed by atoms with Gasteiger partial charge in [0.2, 0.25) is 12.6 Å². The van der Waals surface area contributed by atoms with Crippen molar-refractivity contribution in [2.24, 2.45) is 0 Å². The molecule has 2 aromatic rings. The molecule has 0 fully saturated rings. The van der Waals surface area contributed by atoms with E-state index in [1.807, 2.05) is 20.2 Å². The summed E-state index contributed by atoms with van der Waals surface area (Å²) in [4.78, 5) is 13.8. The number of rotatable bonds is 3. The summed E-state index contributed by atoms with van der Waals surface area (Å²) in [7, 11) is 3.94. The molecule has 0 spiro atoms. The van der Waals surface area contributed by atoms with Gasteiger partial charge in [-0.15, -0.1) is 0 Å². The van der Waals surface area contributed by atoms with Gasteiger partial charge in [0, 0.05) is 0 Å². The SMILES string of the molecule is C[NH+](C)Cc1c(O)ccc2c1OC(=Cc1ccc3c(c1)OCO3)C2=O. The Morgan fingerprint density at radius 1 is 1.16 bits per heavy atom. The summed E-state index contributed by atoms with van der Waals surface area (Å²) in [5.74, 6) is 1.95. The largest absolute Gasteiger partial charge is 0.507 e. The van der Waals surface area contributed by atoms with Crippen LogP contribution in [0.2, 0.25) is 0 Å². The van der Waals surface area contributed by atoms with Crippen molar-refractivity contribution in [3.63, 3.8) is 0 Å². The van der Waals surface area contributed by atoms with Crippen molar-refractivity contribution in [2.45, 2.75) is 6.54 Å². The fraction of sp³-hybridized carbons (Fsp3) is 0.211. The summed E-state index contributed by atoms with van der Waals surface area (Å²) in [5, 5.41) is 10.1. The minimum atomic E-state index is -0.192. The molecule has 0 saturated carbocycles. The monoisotopic (exact) mass is 340 g/mol. The normalized spacial score (nSPS) is 16.4. The molecule has 2 aromatic carbocycles. The number of hydrogen-bond acceptors (Lipinski definition) is 5. The fourth-order valence-corrected chi connectivity index (χ4v) is 2.98. The lowest BCUT2D eigenvalue weighted by Gasteiger charge is -2.12. The number of ketones is 1. The zero-order valence-electron chi connectivity index (χ0n) is 14.0. The van der Waals surface area contributed by atoms with Crippen molar-refractivity contribution in [3.05, 3.63) is 52.8 Å². The molecule has 0 unspecified atom stereocenters. The second-order valence-electron chi connectivity index (χ2n) is 6.38. The molecule has 0 atom stereocenters. The number of carbonyl (C=O) groups excluding carboxylic acids is 1. The molecular weight excluding hydrogens is 322 g/mol. The lowest BCUT2D eigenvalue weighted by atomic mass is 10.0. The van der Waals surface area contributed by atoms with E-state index in [-0.39, 0.29) is 24.1 Å². The Hall–Kier alpha value is -2.99. The number of aromatic hydroxyl groups is 1. The molecule has 25 heavy (non-hydrogen) atoms. The fourth-order valence-electron chi connectivity index (χ4n) is 2.98. The van der Waals surface area contributed by atoms with Gasteiger partial charge in [-0.05, 0) is 35.9 Å². The molecule has 128 valence electrons. The van der Waals surface area contributed by atoms with E-state index in [1.54, 1.807) is 30.3 Å². The van der Waals surface area contributed by atoms with Crippen LogP contribution in [0.1, 0.15) is 21.5 Å². The van der Waals surface area contributed by atoms with Crippen LogP contribution < -0.4 is 19.1 Å². The first-order valence-corrected chi connectivity index (χ1v) is 8.00. The molecule has 0 radical (unpaired) electrons. The molecule has 0 aliphatic carbocycles. The topological polar surface area (TPSA) is 69.4 Å². The van der Waals surface area contributed by atoms with Gasteiger partial charge in [0.1, 0.15) is 12.3 Å². The van der Waals surface area contributed by atoms with E-state index >= 15 is 0 Å². The zero-order valence-corrected chi connectivity index (χ0v) is 14.0. The Balaban J connectivity index is 1.70. The molecule has 2 aliphatic heterocycles. The summed E-state index contributed by atoms with van der Waals surface area (Å²) < 4.78 is 16.5. The Bertz CT molecular complexity index is 901. The molecule has 0 saturated heterocycles. The number of quaternary nitrogens is 1. The standard InChI is InChI=1S/C19H17NO5/c1-20(2)9-13-14(21)5-4-12-18(22)17(25-19(12)13)8-11-3-6-15-16(7-11)24-10-23-15/h3-8,21H,9-10H2,1-2H3/p+1. The van der Waals surface area contributed by atoms with E-state index in [9.17, 15) is 9.90 Å². The van der Waals surface area contributed by atoms with Crippen LogP contribution in [-0.4, -0.2) is 31.8 Å². The smallest absolute Gasteiger partial charge is 0.231 e. The van der Waals surface area contributed by atoms with E-state index in [0.29, 0.717) is 34.9 Å². The molecule has 2 aliphatic rings. The minimum Gasteiger partial charge on any atom is -0.507 e. The summed E-state index contributed by atoms with van der Waals surface area (Å²) in [6.07, 6.45) is 1.67. The predicted molar refractivity (Wildman–Crippen MR) is 90.1 cm³/mol. The molecular formula is C19H18NO5+. The summed E-state index contributed by atoms with van der Waals surface area (Å²) in [5.41, 5.74) is 1.89. The van der Waals surface area contributed by atoms with Crippen molar-refractivity contribution in [1.29, 1.82) is 0 Å². The number of ether oxygens (including phenoxy) is 3. The predicted octanol–water partition coefficient (Wildman–Crippen LogP) is 1.38. The molecule has 0 amide bonds. The number of hydrogen-bond donors (Lipinski definition) is 2. The zero-order chi connectivity index (χ0) is 17.6. The van der Waals surface area contributed by atoms with Crippen LogP contribution in [0.5, 0.6) is 23.0 Å². The Labute approximate surface area is 144 Å². The van der Waals surface area contributed by atoms with Crippen molar-refractivity contribution in [2.75, 3.05) is 20.9 Å². The number of allylic oxidation sites excluding steroid dienone is 1. The van der Waals surface area contributed by atoms with E-state index in [4.69, 9.17) is 14.2 Å². The van der Waals surface area contributed by atoms with Gasteiger partial charge < -0.3 is 24.2 Å². The second-order valence-corrected chi connectivity index (χ2v) is 6.38. The molecule has 4 rings (SSSR count). The van der Waals surface area contributed by atoms with Crippen molar-refractivity contribution in [1.82, 2.24) is 0 Å². The van der Waals surface area contributed by atoms with Crippen molar-refractivity contribution >= 4 is 11.9 Å². The van der Waals surface area contributed by atoms with E-state index in [0.717, 1.165) is 10.5 Å². The van der Waals surface area contributed by atoms with Gasteiger partial charge in [-0.1, -0.05) is 6.07 Å². The van der Waals surface area contributed by atoms with Gasteiger partial charge >= 0.3 is 0 Å². The van der Waals surface area contributed by atoms with Crippen LogP contribution in [-0.2, 0) is 6.54 Å². The van der Waals surface area contributed by atoms with Crippen molar-refractivity contribution in [3.8, 4) is 23.0 Å². The van der Waals surface area contributed by atoms with E-state index < -0.39 is 0 Å². The first-order valence-electron chi connectivity index (χ1n) is 8.00. The van der Waals surface area contributed by atoms with Gasteiger partial charge in [-0.25, -0.2) is 0 Å². The molecule has 2 N–H and O–H groups in total. The molecule has 6 heteroatoms. The van der Waals surface area contributed by atoms with Crippen LogP contribution in [0, 0.1) is 0 Å². The average molecular weight is 340 g/mol. The highest BCUT2D eigenvalue weighted by atomic mass is 16.7. The van der Waals surface area contributed by atoms with Crippen LogP contribution in [0.25, 0.3) is 6.08 Å². The average Bonchev–Trinajstić information content (AvgIpc) is 3.15. The van der Waals surface area contributed by atoms with Gasteiger partial charge in [-0.2, -0.15) is 0 Å². The summed E-state index contributed by atoms with van der Waals surface area (Å²) >= 11 is 0. The van der Waals surface area contributed by atoms with Crippen LogP contribution in [0.15, 0.2) is 36.1 Å². The highest BCUT2D eigenvalue weighted by Crippen LogP contribution is 2.39. The van der Waals surface area contributed by atoms with Gasteiger partial charge in [-0.3, -0.25) is 4.79 Å². The Kier molecular flexibility index (Phi) is 3.62. The quantitative estimate of drug-likeness (QED) is 0.826. The third-order valence-electron chi connectivity index (χ3n) is 4.14.